The highest BCUT2D eigenvalue weighted by molar-refractivity contribution is 9.10. The smallest absolute Gasteiger partial charge is 0.0643 e. The lowest BCUT2D eigenvalue weighted by atomic mass is 9.95. The summed E-state index contributed by atoms with van der Waals surface area (Å²) in [6.45, 7) is 8.48. The number of hydrogen-bond donors (Lipinski definition) is 1. The van der Waals surface area contributed by atoms with Crippen molar-refractivity contribution in [2.75, 3.05) is 18.0 Å². The zero-order chi connectivity index (χ0) is 14.8. The molecule has 0 aliphatic carbocycles. The molecule has 1 fully saturated rings. The minimum atomic E-state index is 0.0414. The molecule has 2 rings (SSSR count). The number of benzene rings is 1. The molecule has 1 aliphatic heterocycles. The normalized spacial score (nSPS) is 22.1. The number of halogens is 1. The van der Waals surface area contributed by atoms with Crippen LogP contribution in [0.15, 0.2) is 22.7 Å². The van der Waals surface area contributed by atoms with E-state index in [9.17, 15) is 0 Å². The number of nitrogens with zero attached hydrogens (tertiary/aromatic N) is 2. The van der Waals surface area contributed by atoms with Gasteiger partial charge in [-0.3, -0.25) is 0 Å². The summed E-state index contributed by atoms with van der Waals surface area (Å²) < 4.78 is 1.12. The highest BCUT2D eigenvalue weighted by Gasteiger charge is 2.34. The van der Waals surface area contributed by atoms with Crippen molar-refractivity contribution in [3.8, 4) is 6.07 Å². The van der Waals surface area contributed by atoms with E-state index in [0.29, 0.717) is 6.42 Å². The van der Waals surface area contributed by atoms with Crippen LogP contribution >= 0.6 is 15.9 Å². The van der Waals surface area contributed by atoms with E-state index in [1.807, 2.05) is 0 Å². The molecular weight excluding hydrogens is 314 g/mol. The SMILES string of the molecule is Cc1ccc(N2C(CC#N)CNCCC2(C)C)cc1Br. The number of nitrogens with one attached hydrogen (secondary N) is 1. The molecule has 0 bridgehead atoms. The first kappa shape index (κ1) is 15.3. The van der Waals surface area contributed by atoms with Crippen molar-refractivity contribution < 1.29 is 0 Å². The van der Waals surface area contributed by atoms with Gasteiger partial charge in [0, 0.05) is 22.2 Å². The van der Waals surface area contributed by atoms with Crippen LogP contribution in [-0.2, 0) is 0 Å². The zero-order valence-corrected chi connectivity index (χ0v) is 14.0. The summed E-state index contributed by atoms with van der Waals surface area (Å²) in [6, 6.07) is 9.02. The number of hydrogen-bond acceptors (Lipinski definition) is 3. The Labute approximate surface area is 130 Å². The van der Waals surface area contributed by atoms with Crippen LogP contribution < -0.4 is 10.2 Å². The molecule has 108 valence electrons. The zero-order valence-electron chi connectivity index (χ0n) is 12.4. The largest absolute Gasteiger partial charge is 0.361 e. The van der Waals surface area contributed by atoms with E-state index in [4.69, 9.17) is 5.26 Å². The Balaban J connectivity index is 2.44. The molecule has 4 heteroatoms. The second kappa shape index (κ2) is 6.15. The number of nitriles is 1. The Morgan fingerprint density at radius 1 is 1.50 bits per heavy atom. The summed E-state index contributed by atoms with van der Waals surface area (Å²) in [5, 5.41) is 12.6. The van der Waals surface area contributed by atoms with E-state index in [1.54, 1.807) is 0 Å². The molecule has 1 aromatic rings. The molecule has 0 saturated carbocycles. The average Bonchev–Trinajstić information content (AvgIpc) is 2.52. The van der Waals surface area contributed by atoms with Gasteiger partial charge in [-0.15, -0.1) is 0 Å². The van der Waals surface area contributed by atoms with Gasteiger partial charge in [-0.1, -0.05) is 22.0 Å². The summed E-state index contributed by atoms with van der Waals surface area (Å²) in [4.78, 5) is 2.42. The van der Waals surface area contributed by atoms with Gasteiger partial charge in [0.05, 0.1) is 18.5 Å². The highest BCUT2D eigenvalue weighted by Crippen LogP contribution is 2.33. The third kappa shape index (κ3) is 3.16. The Hall–Kier alpha value is -1.05. The van der Waals surface area contributed by atoms with Gasteiger partial charge in [-0.05, 0) is 51.4 Å². The molecule has 1 atom stereocenters. The fraction of sp³-hybridized carbons (Fsp3) is 0.562. The van der Waals surface area contributed by atoms with Crippen LogP contribution in [0.25, 0.3) is 0 Å². The van der Waals surface area contributed by atoms with Gasteiger partial charge in [-0.25, -0.2) is 0 Å². The fourth-order valence-electron chi connectivity index (χ4n) is 2.93. The molecule has 0 radical (unpaired) electrons. The van der Waals surface area contributed by atoms with Crippen LogP contribution in [0.2, 0.25) is 0 Å². The van der Waals surface area contributed by atoms with Gasteiger partial charge in [0.15, 0.2) is 0 Å². The van der Waals surface area contributed by atoms with Gasteiger partial charge in [-0.2, -0.15) is 5.26 Å². The fourth-order valence-corrected chi connectivity index (χ4v) is 3.30. The Bertz CT molecular complexity index is 519. The minimum Gasteiger partial charge on any atom is -0.361 e. The maximum Gasteiger partial charge on any atom is 0.0643 e. The molecule has 1 heterocycles. The highest BCUT2D eigenvalue weighted by atomic mass is 79.9. The van der Waals surface area contributed by atoms with Gasteiger partial charge >= 0.3 is 0 Å². The molecule has 0 spiro atoms. The summed E-state index contributed by atoms with van der Waals surface area (Å²) in [5.74, 6) is 0. The second-order valence-electron chi connectivity index (χ2n) is 6.09. The van der Waals surface area contributed by atoms with E-state index in [2.05, 4.69) is 71.2 Å². The number of aryl methyl sites for hydroxylation is 1. The first-order valence-electron chi connectivity index (χ1n) is 7.09. The van der Waals surface area contributed by atoms with Crippen LogP contribution in [-0.4, -0.2) is 24.7 Å². The predicted octanol–water partition coefficient (Wildman–Crippen LogP) is 3.62. The molecule has 0 amide bonds. The molecular formula is C16H22BrN3. The lowest BCUT2D eigenvalue weighted by Crippen LogP contribution is -2.50. The van der Waals surface area contributed by atoms with E-state index in [1.165, 1.54) is 11.3 Å². The summed E-state index contributed by atoms with van der Waals surface area (Å²) in [7, 11) is 0. The topological polar surface area (TPSA) is 39.1 Å². The molecule has 1 saturated heterocycles. The van der Waals surface area contributed by atoms with Gasteiger partial charge < -0.3 is 10.2 Å². The first-order chi connectivity index (χ1) is 9.45. The maximum absolute atomic E-state index is 9.13. The third-order valence-corrected chi connectivity index (χ3v) is 4.93. The van der Waals surface area contributed by atoms with Crippen molar-refractivity contribution in [2.24, 2.45) is 0 Å². The van der Waals surface area contributed by atoms with Crippen molar-refractivity contribution in [2.45, 2.75) is 45.2 Å². The summed E-state index contributed by atoms with van der Waals surface area (Å²) in [5.41, 5.74) is 2.47. The Morgan fingerprint density at radius 3 is 2.90 bits per heavy atom. The maximum atomic E-state index is 9.13. The Morgan fingerprint density at radius 2 is 2.25 bits per heavy atom. The molecule has 20 heavy (non-hydrogen) atoms. The lowest BCUT2D eigenvalue weighted by molar-refractivity contribution is 0.418. The Kier molecular flexibility index (Phi) is 4.72. The van der Waals surface area contributed by atoms with Gasteiger partial charge in [0.1, 0.15) is 0 Å². The third-order valence-electron chi connectivity index (χ3n) is 4.07. The summed E-state index contributed by atoms with van der Waals surface area (Å²) in [6.07, 6.45) is 1.61. The van der Waals surface area contributed by atoms with E-state index < -0.39 is 0 Å². The van der Waals surface area contributed by atoms with Crippen molar-refractivity contribution in [1.82, 2.24) is 5.32 Å². The van der Waals surface area contributed by atoms with Crippen LogP contribution in [0, 0.1) is 18.3 Å². The molecule has 1 N–H and O–H groups in total. The van der Waals surface area contributed by atoms with Crippen LogP contribution in [0.1, 0.15) is 32.3 Å². The van der Waals surface area contributed by atoms with E-state index in [-0.39, 0.29) is 11.6 Å². The molecule has 0 aromatic heterocycles. The summed E-state index contributed by atoms with van der Waals surface area (Å²) >= 11 is 3.62. The molecule has 1 aliphatic rings. The van der Waals surface area contributed by atoms with Crippen molar-refractivity contribution in [3.05, 3.63) is 28.2 Å². The monoisotopic (exact) mass is 335 g/mol. The van der Waals surface area contributed by atoms with Gasteiger partial charge in [0.25, 0.3) is 0 Å². The van der Waals surface area contributed by atoms with Crippen molar-refractivity contribution in [3.63, 3.8) is 0 Å². The molecule has 3 nitrogen and oxygen atoms in total. The van der Waals surface area contributed by atoms with Crippen molar-refractivity contribution in [1.29, 1.82) is 5.26 Å². The van der Waals surface area contributed by atoms with E-state index >= 15 is 0 Å². The number of anilines is 1. The van der Waals surface area contributed by atoms with Crippen molar-refractivity contribution >= 4 is 21.6 Å². The lowest BCUT2D eigenvalue weighted by Gasteiger charge is -2.43. The van der Waals surface area contributed by atoms with Crippen LogP contribution in [0.5, 0.6) is 0 Å². The van der Waals surface area contributed by atoms with Gasteiger partial charge in [0.2, 0.25) is 0 Å². The standard InChI is InChI=1S/C16H22BrN3/c1-12-4-5-13(10-15(12)17)20-14(6-8-18)11-19-9-7-16(20,2)3/h4-5,10,14,19H,6-7,9,11H2,1-3H3. The van der Waals surface area contributed by atoms with E-state index in [0.717, 1.165) is 24.0 Å². The molecule has 1 aromatic carbocycles. The molecule has 1 unspecified atom stereocenters. The van der Waals surface area contributed by atoms with Crippen LogP contribution in [0.3, 0.4) is 0 Å². The quantitative estimate of drug-likeness (QED) is 0.897. The first-order valence-corrected chi connectivity index (χ1v) is 7.88. The predicted molar refractivity (Wildman–Crippen MR) is 86.9 cm³/mol. The average molecular weight is 336 g/mol. The minimum absolute atomic E-state index is 0.0414. The second-order valence-corrected chi connectivity index (χ2v) is 6.94. The van der Waals surface area contributed by atoms with Crippen LogP contribution in [0.4, 0.5) is 5.69 Å². The number of rotatable bonds is 2.